The van der Waals surface area contributed by atoms with E-state index >= 15 is 4.39 Å². The molecule has 1 aliphatic heterocycles. The van der Waals surface area contributed by atoms with Gasteiger partial charge < -0.3 is 21.1 Å². The monoisotopic (exact) mass is 481 g/mol. The quantitative estimate of drug-likeness (QED) is 0.513. The number of aromatic carboxylic acids is 1. The number of fused-ring (bicyclic) bond motifs is 1. The Kier molecular flexibility index (Phi) is 5.71. The second-order valence-corrected chi connectivity index (χ2v) is 8.43. The van der Waals surface area contributed by atoms with Crippen molar-refractivity contribution < 1.29 is 23.1 Å². The fourth-order valence-electron chi connectivity index (χ4n) is 3.89. The number of aromatic nitrogens is 2. The van der Waals surface area contributed by atoms with Crippen LogP contribution >= 0.6 is 11.6 Å². The van der Waals surface area contributed by atoms with Gasteiger partial charge in [-0.1, -0.05) is 25.4 Å². The van der Waals surface area contributed by atoms with Crippen molar-refractivity contribution in [2.75, 3.05) is 23.7 Å². The highest BCUT2D eigenvalue weighted by atomic mass is 35.5. The van der Waals surface area contributed by atoms with Gasteiger partial charge in [0.2, 0.25) is 5.43 Å². The summed E-state index contributed by atoms with van der Waals surface area (Å²) in [6, 6.07) is 1.63. The van der Waals surface area contributed by atoms with E-state index in [4.69, 9.17) is 17.3 Å². The standard InChI is InChI=1S/C21H19ClF3N5O3/c1-8(2)27-9-5-29(6-9)17-12(23)3-10-16(15(17)22)30(7-11(18(10)31)21(32)33)20-14(25)4-13(24)19(26)28-20/h3-4,7-9,27H,5-6H2,1-2H3,(H2,26,28)(H,32,33). The Morgan fingerprint density at radius 1 is 1.24 bits per heavy atom. The third-order valence-electron chi connectivity index (χ3n) is 5.32. The lowest BCUT2D eigenvalue weighted by molar-refractivity contribution is 0.0695. The number of carboxylic acids is 1. The predicted octanol–water partition coefficient (Wildman–Crippen LogP) is 2.92. The van der Waals surface area contributed by atoms with Crippen molar-refractivity contribution in [3.05, 3.63) is 56.6 Å². The molecule has 8 nitrogen and oxygen atoms in total. The molecule has 0 amide bonds. The van der Waals surface area contributed by atoms with Crippen molar-refractivity contribution in [3.63, 3.8) is 0 Å². The van der Waals surface area contributed by atoms with Crippen molar-refractivity contribution >= 4 is 40.0 Å². The van der Waals surface area contributed by atoms with Crippen LogP contribution in [0.25, 0.3) is 16.7 Å². The van der Waals surface area contributed by atoms with E-state index in [2.05, 4.69) is 10.3 Å². The van der Waals surface area contributed by atoms with Gasteiger partial charge in [0.1, 0.15) is 11.4 Å². The van der Waals surface area contributed by atoms with Crippen LogP contribution < -0.4 is 21.4 Å². The zero-order valence-corrected chi connectivity index (χ0v) is 18.3. The molecule has 0 bridgehead atoms. The lowest BCUT2D eigenvalue weighted by Gasteiger charge is -2.43. The lowest BCUT2D eigenvalue weighted by Crippen LogP contribution is -2.59. The molecule has 33 heavy (non-hydrogen) atoms. The Morgan fingerprint density at radius 3 is 2.52 bits per heavy atom. The fraction of sp³-hybridized carbons (Fsp3) is 0.286. The van der Waals surface area contributed by atoms with Crippen LogP contribution in [0.4, 0.5) is 24.7 Å². The van der Waals surface area contributed by atoms with Gasteiger partial charge >= 0.3 is 5.97 Å². The highest BCUT2D eigenvalue weighted by molar-refractivity contribution is 6.38. The molecule has 0 saturated carbocycles. The molecule has 0 unspecified atom stereocenters. The molecule has 4 N–H and O–H groups in total. The number of anilines is 2. The second-order valence-electron chi connectivity index (χ2n) is 8.05. The van der Waals surface area contributed by atoms with Gasteiger partial charge in [0.15, 0.2) is 23.3 Å². The number of benzene rings is 1. The van der Waals surface area contributed by atoms with Gasteiger partial charge in [-0.25, -0.2) is 22.9 Å². The Hall–Kier alpha value is -3.31. The molecule has 3 aromatic rings. The molecule has 0 aliphatic carbocycles. The summed E-state index contributed by atoms with van der Waals surface area (Å²) in [7, 11) is 0. The Bertz CT molecular complexity index is 1360. The molecule has 12 heteroatoms. The van der Waals surface area contributed by atoms with Crippen molar-refractivity contribution in [1.29, 1.82) is 0 Å². The van der Waals surface area contributed by atoms with Crippen LogP contribution in [-0.2, 0) is 0 Å². The number of hydrogen-bond donors (Lipinski definition) is 3. The van der Waals surface area contributed by atoms with Crippen LogP contribution in [0.5, 0.6) is 0 Å². The number of carbonyl (C=O) groups is 1. The number of nitrogens with zero attached hydrogens (tertiary/aromatic N) is 3. The third-order valence-corrected chi connectivity index (χ3v) is 5.68. The first-order chi connectivity index (χ1) is 15.5. The summed E-state index contributed by atoms with van der Waals surface area (Å²) in [5.41, 5.74) is 3.47. The van der Waals surface area contributed by atoms with Crippen LogP contribution in [0.2, 0.25) is 5.02 Å². The summed E-state index contributed by atoms with van der Waals surface area (Å²) in [5.74, 6) is -6.02. The van der Waals surface area contributed by atoms with Gasteiger partial charge in [-0.3, -0.25) is 9.36 Å². The minimum Gasteiger partial charge on any atom is -0.477 e. The molecule has 3 heterocycles. The van der Waals surface area contributed by atoms with E-state index in [0.717, 1.165) is 16.8 Å². The van der Waals surface area contributed by atoms with E-state index in [0.29, 0.717) is 19.2 Å². The number of nitrogens with two attached hydrogens (primary N) is 1. The Morgan fingerprint density at radius 2 is 1.91 bits per heavy atom. The summed E-state index contributed by atoms with van der Waals surface area (Å²) in [6.07, 6.45) is 0.808. The van der Waals surface area contributed by atoms with Crippen LogP contribution in [0.1, 0.15) is 24.2 Å². The molecular formula is C21H19ClF3N5O3. The van der Waals surface area contributed by atoms with Gasteiger partial charge in [-0.05, 0) is 6.07 Å². The third kappa shape index (κ3) is 3.87. The smallest absolute Gasteiger partial charge is 0.341 e. The number of rotatable bonds is 5. The van der Waals surface area contributed by atoms with Crippen molar-refractivity contribution in [1.82, 2.24) is 14.9 Å². The number of halogens is 4. The zero-order valence-electron chi connectivity index (χ0n) is 17.5. The van der Waals surface area contributed by atoms with Gasteiger partial charge in [0.25, 0.3) is 0 Å². The van der Waals surface area contributed by atoms with Gasteiger partial charge in [-0.15, -0.1) is 0 Å². The normalized spacial score (nSPS) is 14.2. The lowest BCUT2D eigenvalue weighted by atomic mass is 10.0. The van der Waals surface area contributed by atoms with Crippen molar-refractivity contribution in [3.8, 4) is 5.82 Å². The summed E-state index contributed by atoms with van der Waals surface area (Å²) < 4.78 is 44.3. The first-order valence-corrected chi connectivity index (χ1v) is 10.3. The van der Waals surface area contributed by atoms with Crippen molar-refractivity contribution in [2.45, 2.75) is 25.9 Å². The summed E-state index contributed by atoms with van der Waals surface area (Å²) >= 11 is 6.53. The predicted molar refractivity (Wildman–Crippen MR) is 118 cm³/mol. The minimum atomic E-state index is -1.63. The topological polar surface area (TPSA) is 113 Å². The van der Waals surface area contributed by atoms with Crippen LogP contribution in [-0.4, -0.2) is 45.8 Å². The molecule has 174 valence electrons. The number of nitrogen functional groups attached to an aromatic ring is 1. The highest BCUT2D eigenvalue weighted by Crippen LogP contribution is 2.38. The summed E-state index contributed by atoms with van der Waals surface area (Å²) in [4.78, 5) is 29.7. The van der Waals surface area contributed by atoms with E-state index < -0.39 is 51.4 Å². The Labute approximate surface area is 190 Å². The first-order valence-electron chi connectivity index (χ1n) is 9.93. The number of nitrogens with one attached hydrogen (secondary N) is 1. The number of pyridine rings is 2. The maximum atomic E-state index is 15.1. The Balaban J connectivity index is 1.99. The van der Waals surface area contributed by atoms with Gasteiger partial charge in [0, 0.05) is 37.4 Å². The molecule has 1 aromatic carbocycles. The average Bonchev–Trinajstić information content (AvgIpc) is 2.69. The molecule has 1 saturated heterocycles. The average molecular weight is 482 g/mol. The van der Waals surface area contributed by atoms with E-state index in [1.54, 1.807) is 4.90 Å². The number of hydrogen-bond acceptors (Lipinski definition) is 6. The van der Waals surface area contributed by atoms with Crippen LogP contribution in [0, 0.1) is 17.5 Å². The van der Waals surface area contributed by atoms with E-state index in [-0.39, 0.29) is 28.3 Å². The molecule has 1 fully saturated rings. The highest BCUT2D eigenvalue weighted by Gasteiger charge is 2.33. The van der Waals surface area contributed by atoms with E-state index in [9.17, 15) is 23.5 Å². The summed E-state index contributed by atoms with van der Waals surface area (Å²) in [5, 5.41) is 12.1. The largest absolute Gasteiger partial charge is 0.477 e. The van der Waals surface area contributed by atoms with Gasteiger partial charge in [0.05, 0.1) is 21.6 Å². The van der Waals surface area contributed by atoms with Crippen molar-refractivity contribution in [2.24, 2.45) is 0 Å². The first kappa shape index (κ1) is 22.9. The van der Waals surface area contributed by atoms with Crippen LogP contribution in [0.15, 0.2) is 23.1 Å². The van der Waals surface area contributed by atoms with Gasteiger partial charge in [-0.2, -0.15) is 0 Å². The summed E-state index contributed by atoms with van der Waals surface area (Å²) in [6.45, 7) is 4.80. The fourth-order valence-corrected chi connectivity index (χ4v) is 4.29. The molecule has 0 atom stereocenters. The number of carboxylic acid groups (broad SMARTS) is 1. The molecule has 4 rings (SSSR count). The molecular weight excluding hydrogens is 463 g/mol. The van der Waals surface area contributed by atoms with E-state index in [1.807, 2.05) is 13.8 Å². The van der Waals surface area contributed by atoms with Crippen LogP contribution in [0.3, 0.4) is 0 Å². The SMILES string of the molecule is CC(C)NC1CN(c2c(F)cc3c(=O)c(C(=O)O)cn(-c4nc(N)c(F)cc4F)c3c2Cl)C1. The minimum absolute atomic E-state index is 0.0299. The zero-order chi connectivity index (χ0) is 24.2. The maximum Gasteiger partial charge on any atom is 0.341 e. The molecule has 2 aromatic heterocycles. The second kappa shape index (κ2) is 8.23. The van der Waals surface area contributed by atoms with E-state index in [1.165, 1.54) is 0 Å². The molecule has 0 radical (unpaired) electrons. The maximum absolute atomic E-state index is 15.1. The molecule has 1 aliphatic rings. The molecule has 0 spiro atoms.